The lowest BCUT2D eigenvalue weighted by Gasteiger charge is -2.42. The fourth-order valence-corrected chi connectivity index (χ4v) is 4.48. The van der Waals surface area contributed by atoms with Gasteiger partial charge in [0.25, 0.3) is 0 Å². The summed E-state index contributed by atoms with van der Waals surface area (Å²) in [4.78, 5) is 16.9. The van der Waals surface area contributed by atoms with Crippen molar-refractivity contribution in [1.82, 2.24) is 9.80 Å². The van der Waals surface area contributed by atoms with Gasteiger partial charge >= 0.3 is 6.09 Å². The zero-order chi connectivity index (χ0) is 19.2. The molecule has 154 valence electrons. The van der Waals surface area contributed by atoms with Gasteiger partial charge in [0.15, 0.2) is 0 Å². The summed E-state index contributed by atoms with van der Waals surface area (Å²) in [5.74, 6) is 1.53. The minimum Gasteiger partial charge on any atom is -0.445 e. The Balaban J connectivity index is 1.16. The molecule has 0 radical (unpaired) electrons. The van der Waals surface area contributed by atoms with E-state index < -0.39 is 0 Å². The van der Waals surface area contributed by atoms with Crippen LogP contribution in [-0.4, -0.2) is 61.3 Å². The second kappa shape index (κ2) is 9.75. The zero-order valence-electron chi connectivity index (χ0n) is 16.9. The van der Waals surface area contributed by atoms with Crippen molar-refractivity contribution < 1.29 is 14.3 Å². The van der Waals surface area contributed by atoms with Crippen LogP contribution in [0.4, 0.5) is 4.79 Å². The highest BCUT2D eigenvalue weighted by atomic mass is 16.6. The van der Waals surface area contributed by atoms with Gasteiger partial charge < -0.3 is 14.4 Å². The van der Waals surface area contributed by atoms with Crippen molar-refractivity contribution in [3.63, 3.8) is 0 Å². The maximum Gasteiger partial charge on any atom is 0.410 e. The fourth-order valence-electron chi connectivity index (χ4n) is 4.48. The number of benzene rings is 1. The normalized spacial score (nSPS) is 24.3. The molecule has 0 bridgehead atoms. The molecule has 2 aliphatic heterocycles. The molecule has 5 heteroatoms. The predicted molar refractivity (Wildman–Crippen MR) is 109 cm³/mol. The van der Waals surface area contributed by atoms with Crippen LogP contribution >= 0.6 is 0 Å². The molecule has 0 spiro atoms. The predicted octanol–water partition coefficient (Wildman–Crippen LogP) is 3.93. The van der Waals surface area contributed by atoms with E-state index in [4.69, 9.17) is 9.47 Å². The van der Waals surface area contributed by atoms with E-state index in [1.165, 1.54) is 32.2 Å². The third-order valence-corrected chi connectivity index (χ3v) is 6.40. The Morgan fingerprint density at radius 3 is 2.43 bits per heavy atom. The molecule has 1 aliphatic carbocycles. The van der Waals surface area contributed by atoms with Gasteiger partial charge in [-0.2, -0.15) is 0 Å². The summed E-state index contributed by atoms with van der Waals surface area (Å²) < 4.78 is 11.4. The quantitative estimate of drug-likeness (QED) is 0.712. The number of hydrogen-bond donors (Lipinski definition) is 0. The molecule has 5 nitrogen and oxygen atoms in total. The molecule has 1 aromatic carbocycles. The van der Waals surface area contributed by atoms with E-state index in [1.807, 2.05) is 35.2 Å². The summed E-state index contributed by atoms with van der Waals surface area (Å²) in [5.41, 5.74) is 1.04. The molecule has 1 amide bonds. The molecule has 28 heavy (non-hydrogen) atoms. The van der Waals surface area contributed by atoms with E-state index in [0.717, 1.165) is 57.2 Å². The van der Waals surface area contributed by atoms with E-state index in [2.05, 4.69) is 4.90 Å². The molecule has 0 aromatic heterocycles. The number of amides is 1. The molecule has 2 heterocycles. The Morgan fingerprint density at radius 2 is 1.68 bits per heavy atom. The first-order chi connectivity index (χ1) is 13.8. The van der Waals surface area contributed by atoms with E-state index >= 15 is 0 Å². The van der Waals surface area contributed by atoms with Gasteiger partial charge in [-0.25, -0.2) is 4.79 Å². The third-order valence-electron chi connectivity index (χ3n) is 6.40. The van der Waals surface area contributed by atoms with Crippen LogP contribution < -0.4 is 0 Å². The second-order valence-corrected chi connectivity index (χ2v) is 8.74. The van der Waals surface area contributed by atoms with E-state index in [9.17, 15) is 4.79 Å². The molecule has 1 atom stereocenters. The average Bonchev–Trinajstić information content (AvgIpc) is 3.58. The summed E-state index contributed by atoms with van der Waals surface area (Å²) in [7, 11) is 0. The lowest BCUT2D eigenvalue weighted by Crippen LogP contribution is -2.50. The molecule has 3 fully saturated rings. The lowest BCUT2D eigenvalue weighted by molar-refractivity contribution is 0.0243. The molecule has 1 saturated carbocycles. The number of carbonyl (C=O) groups excluding carboxylic acids is 1. The number of hydrogen-bond acceptors (Lipinski definition) is 4. The highest BCUT2D eigenvalue weighted by Gasteiger charge is 2.31. The summed E-state index contributed by atoms with van der Waals surface area (Å²) >= 11 is 0. The van der Waals surface area contributed by atoms with Crippen LogP contribution in [-0.2, 0) is 16.1 Å². The van der Waals surface area contributed by atoms with Crippen molar-refractivity contribution in [3.05, 3.63) is 35.9 Å². The molecule has 3 aliphatic rings. The molecule has 0 unspecified atom stereocenters. The number of piperidine rings is 2. The fraction of sp³-hybridized carbons (Fsp3) is 0.696. The van der Waals surface area contributed by atoms with Gasteiger partial charge in [-0.15, -0.1) is 0 Å². The number of rotatable bonds is 7. The van der Waals surface area contributed by atoms with Crippen molar-refractivity contribution in [2.45, 2.75) is 51.2 Å². The Kier molecular flexibility index (Phi) is 6.86. The van der Waals surface area contributed by atoms with E-state index in [0.29, 0.717) is 18.6 Å². The summed E-state index contributed by atoms with van der Waals surface area (Å²) in [6.07, 6.45) is 7.23. The summed E-state index contributed by atoms with van der Waals surface area (Å²) in [5, 5.41) is 0. The van der Waals surface area contributed by atoms with E-state index in [1.54, 1.807) is 0 Å². The highest BCUT2D eigenvalue weighted by molar-refractivity contribution is 5.67. The summed E-state index contributed by atoms with van der Waals surface area (Å²) in [6.45, 7) is 6.22. The average molecular weight is 387 g/mol. The van der Waals surface area contributed by atoms with Crippen LogP contribution in [0, 0.1) is 11.8 Å². The van der Waals surface area contributed by atoms with Gasteiger partial charge in [0.1, 0.15) is 6.61 Å². The first-order valence-corrected chi connectivity index (χ1v) is 11.1. The van der Waals surface area contributed by atoms with Crippen molar-refractivity contribution in [2.24, 2.45) is 11.8 Å². The van der Waals surface area contributed by atoms with Gasteiger partial charge in [-0.1, -0.05) is 30.3 Å². The smallest absolute Gasteiger partial charge is 0.410 e. The van der Waals surface area contributed by atoms with Gasteiger partial charge in [-0.3, -0.25) is 4.90 Å². The maximum absolute atomic E-state index is 12.4. The number of likely N-dealkylation sites (tertiary alicyclic amines) is 2. The molecule has 0 N–H and O–H groups in total. The monoisotopic (exact) mass is 386 g/mol. The minimum atomic E-state index is -0.174. The van der Waals surface area contributed by atoms with Crippen LogP contribution in [0.2, 0.25) is 0 Å². The zero-order valence-corrected chi connectivity index (χ0v) is 16.9. The number of carbonyl (C=O) groups is 1. The maximum atomic E-state index is 12.4. The molecule has 4 rings (SSSR count). The Morgan fingerprint density at radius 1 is 0.929 bits per heavy atom. The number of nitrogens with zero attached hydrogens (tertiary/aromatic N) is 2. The van der Waals surface area contributed by atoms with Crippen LogP contribution in [0.3, 0.4) is 0 Å². The standard InChI is InChI=1S/C23H34N2O3/c26-23(28-18-19-5-2-1-3-6-19)24-13-10-22(11-14-24)25-12-4-7-21(15-25)17-27-16-20-8-9-20/h1-3,5-6,20-22H,4,7-18H2/t21-/m1/s1. The third kappa shape index (κ3) is 5.71. The van der Waals surface area contributed by atoms with Gasteiger partial charge in [0.2, 0.25) is 0 Å². The molecule has 2 saturated heterocycles. The van der Waals surface area contributed by atoms with Crippen LogP contribution in [0.25, 0.3) is 0 Å². The number of ether oxygens (including phenoxy) is 2. The van der Waals surface area contributed by atoms with Crippen LogP contribution in [0.1, 0.15) is 44.1 Å². The van der Waals surface area contributed by atoms with Crippen molar-refractivity contribution in [1.29, 1.82) is 0 Å². The SMILES string of the molecule is O=C(OCc1ccccc1)N1CCC(N2CCC[C@@H](COCC3CC3)C2)CC1. The van der Waals surface area contributed by atoms with Crippen molar-refractivity contribution >= 4 is 6.09 Å². The van der Waals surface area contributed by atoms with Gasteiger partial charge in [-0.05, 0) is 62.5 Å². The molecular formula is C23H34N2O3. The van der Waals surface area contributed by atoms with Gasteiger partial charge in [0.05, 0.1) is 6.61 Å². The van der Waals surface area contributed by atoms with Gasteiger partial charge in [0, 0.05) is 32.3 Å². The summed E-state index contributed by atoms with van der Waals surface area (Å²) in [6, 6.07) is 10.5. The van der Waals surface area contributed by atoms with E-state index in [-0.39, 0.29) is 6.09 Å². The highest BCUT2D eigenvalue weighted by Crippen LogP contribution is 2.30. The first-order valence-electron chi connectivity index (χ1n) is 11.1. The largest absolute Gasteiger partial charge is 0.445 e. The van der Waals surface area contributed by atoms with Crippen molar-refractivity contribution in [3.8, 4) is 0 Å². The lowest BCUT2D eigenvalue weighted by atomic mass is 9.94. The Hall–Kier alpha value is -1.59. The van der Waals surface area contributed by atoms with Crippen molar-refractivity contribution in [2.75, 3.05) is 39.4 Å². The van der Waals surface area contributed by atoms with Crippen LogP contribution in [0.15, 0.2) is 30.3 Å². The Bertz CT molecular complexity index is 612. The van der Waals surface area contributed by atoms with Crippen LogP contribution in [0.5, 0.6) is 0 Å². The second-order valence-electron chi connectivity index (χ2n) is 8.74. The Labute approximate surface area is 169 Å². The topological polar surface area (TPSA) is 42.0 Å². The minimum absolute atomic E-state index is 0.174. The first kappa shape index (κ1) is 19.7. The molecular weight excluding hydrogens is 352 g/mol. The molecule has 1 aromatic rings.